The summed E-state index contributed by atoms with van der Waals surface area (Å²) in [7, 11) is 0. The summed E-state index contributed by atoms with van der Waals surface area (Å²) in [5.74, 6) is 0. The third-order valence-corrected chi connectivity index (χ3v) is 2.72. The Balaban J connectivity index is 2.81. The third-order valence-electron chi connectivity index (χ3n) is 2.00. The van der Waals surface area contributed by atoms with Crippen molar-refractivity contribution < 1.29 is 9.66 Å². The van der Waals surface area contributed by atoms with Gasteiger partial charge in [-0.1, -0.05) is 23.2 Å². The van der Waals surface area contributed by atoms with Crippen LogP contribution in [-0.4, -0.2) is 24.7 Å². The molecule has 1 rings (SSSR count). The molecule has 0 saturated carbocycles. The normalized spacial score (nSPS) is 10.3. The molecular weight excluding hydrogens is 267 g/mol. The molecule has 0 bridgehead atoms. The average molecular weight is 279 g/mol. The number of benzene rings is 1. The second-order valence-electron chi connectivity index (χ2n) is 3.16. The number of anilines is 1. The number of nitrogens with one attached hydrogen (secondary N) is 1. The molecule has 1 aromatic carbocycles. The largest absolute Gasteiger partial charge is 0.380 e. The van der Waals surface area contributed by atoms with Crippen molar-refractivity contribution in [1.82, 2.24) is 0 Å². The molecule has 0 aliphatic heterocycles. The minimum atomic E-state index is -0.509. The van der Waals surface area contributed by atoms with Crippen molar-refractivity contribution in [2.24, 2.45) is 0 Å². The van der Waals surface area contributed by atoms with Gasteiger partial charge in [0.05, 0.1) is 21.6 Å². The van der Waals surface area contributed by atoms with Crippen LogP contribution in [0.15, 0.2) is 12.1 Å². The Morgan fingerprint density at radius 3 is 2.65 bits per heavy atom. The van der Waals surface area contributed by atoms with Crippen molar-refractivity contribution >= 4 is 34.6 Å². The van der Waals surface area contributed by atoms with Gasteiger partial charge >= 0.3 is 0 Å². The number of rotatable bonds is 6. The summed E-state index contributed by atoms with van der Waals surface area (Å²) in [6, 6.07) is 2.67. The molecule has 17 heavy (non-hydrogen) atoms. The first-order chi connectivity index (χ1) is 8.06. The third kappa shape index (κ3) is 4.03. The summed E-state index contributed by atoms with van der Waals surface area (Å²) < 4.78 is 5.12. The van der Waals surface area contributed by atoms with Gasteiger partial charge in [0.1, 0.15) is 5.69 Å². The zero-order valence-electron chi connectivity index (χ0n) is 9.20. The highest BCUT2D eigenvalue weighted by molar-refractivity contribution is 6.42. The lowest BCUT2D eigenvalue weighted by Crippen LogP contribution is -2.10. The number of halogens is 2. The quantitative estimate of drug-likeness (QED) is 0.492. The van der Waals surface area contributed by atoms with E-state index >= 15 is 0 Å². The summed E-state index contributed by atoms with van der Waals surface area (Å²) in [6.45, 7) is 3.41. The summed E-state index contributed by atoms with van der Waals surface area (Å²) in [5.41, 5.74) is 0.236. The number of ether oxygens (including phenoxy) is 1. The van der Waals surface area contributed by atoms with Crippen LogP contribution in [0, 0.1) is 10.1 Å². The Bertz CT molecular complexity index is 413. The van der Waals surface area contributed by atoms with Crippen LogP contribution in [0.3, 0.4) is 0 Å². The molecule has 5 nitrogen and oxygen atoms in total. The van der Waals surface area contributed by atoms with Crippen LogP contribution in [-0.2, 0) is 4.74 Å². The molecule has 0 heterocycles. The first-order valence-corrected chi connectivity index (χ1v) is 5.77. The van der Waals surface area contributed by atoms with Crippen LogP contribution in [0.2, 0.25) is 10.0 Å². The van der Waals surface area contributed by atoms with Crippen molar-refractivity contribution in [3.8, 4) is 0 Å². The molecule has 0 saturated heterocycles. The molecule has 1 aromatic rings. The van der Waals surface area contributed by atoms with Crippen LogP contribution < -0.4 is 5.32 Å². The van der Waals surface area contributed by atoms with Gasteiger partial charge in [0, 0.05) is 19.2 Å². The zero-order chi connectivity index (χ0) is 12.8. The van der Waals surface area contributed by atoms with Gasteiger partial charge in [-0.2, -0.15) is 0 Å². The van der Waals surface area contributed by atoms with E-state index in [0.29, 0.717) is 25.4 Å². The van der Waals surface area contributed by atoms with Gasteiger partial charge in [-0.15, -0.1) is 0 Å². The molecule has 0 unspecified atom stereocenters. The van der Waals surface area contributed by atoms with E-state index in [1.54, 1.807) is 0 Å². The van der Waals surface area contributed by atoms with Crippen molar-refractivity contribution in [3.05, 3.63) is 32.3 Å². The van der Waals surface area contributed by atoms with Crippen LogP contribution in [0.4, 0.5) is 11.4 Å². The Kier molecular flexibility index (Phi) is 5.47. The Labute approximate surface area is 109 Å². The van der Waals surface area contributed by atoms with Gasteiger partial charge < -0.3 is 10.1 Å². The second-order valence-corrected chi connectivity index (χ2v) is 3.98. The minimum Gasteiger partial charge on any atom is -0.380 e. The Morgan fingerprint density at radius 1 is 1.41 bits per heavy atom. The lowest BCUT2D eigenvalue weighted by atomic mass is 10.2. The molecule has 0 radical (unpaired) electrons. The number of nitro benzene ring substituents is 1. The van der Waals surface area contributed by atoms with Gasteiger partial charge in [0.25, 0.3) is 5.69 Å². The lowest BCUT2D eigenvalue weighted by Gasteiger charge is -2.08. The fourth-order valence-corrected chi connectivity index (χ4v) is 1.55. The molecule has 0 aliphatic rings. The maximum atomic E-state index is 10.8. The van der Waals surface area contributed by atoms with Crippen LogP contribution >= 0.6 is 23.2 Å². The van der Waals surface area contributed by atoms with E-state index in [4.69, 9.17) is 27.9 Å². The number of hydrogen-bond donors (Lipinski definition) is 1. The molecule has 0 amide bonds. The minimum absolute atomic E-state index is 0.101. The summed E-state index contributed by atoms with van der Waals surface area (Å²) >= 11 is 11.5. The molecule has 1 N–H and O–H groups in total. The second kappa shape index (κ2) is 6.64. The van der Waals surface area contributed by atoms with E-state index in [1.165, 1.54) is 12.1 Å². The number of nitrogens with zero attached hydrogens (tertiary/aromatic N) is 1. The maximum Gasteiger partial charge on any atom is 0.293 e. The van der Waals surface area contributed by atoms with E-state index in [2.05, 4.69) is 5.32 Å². The van der Waals surface area contributed by atoms with E-state index in [1.807, 2.05) is 6.92 Å². The van der Waals surface area contributed by atoms with Crippen molar-refractivity contribution in [1.29, 1.82) is 0 Å². The summed E-state index contributed by atoms with van der Waals surface area (Å²) in [6.07, 6.45) is 0. The van der Waals surface area contributed by atoms with Crippen molar-refractivity contribution in [2.45, 2.75) is 6.92 Å². The predicted octanol–water partition coefficient (Wildman–Crippen LogP) is 3.35. The highest BCUT2D eigenvalue weighted by Gasteiger charge is 2.16. The molecule has 0 spiro atoms. The Morgan fingerprint density at radius 2 is 2.06 bits per heavy atom. The lowest BCUT2D eigenvalue weighted by molar-refractivity contribution is -0.383. The van der Waals surface area contributed by atoms with Crippen LogP contribution in [0.5, 0.6) is 0 Å². The summed E-state index contributed by atoms with van der Waals surface area (Å²) in [5, 5.41) is 14.1. The monoisotopic (exact) mass is 278 g/mol. The van der Waals surface area contributed by atoms with E-state index in [9.17, 15) is 10.1 Å². The number of hydrogen-bond acceptors (Lipinski definition) is 4. The van der Waals surface area contributed by atoms with Gasteiger partial charge in [-0.3, -0.25) is 10.1 Å². The Hall–Kier alpha value is -1.04. The van der Waals surface area contributed by atoms with Gasteiger partial charge in [0.2, 0.25) is 0 Å². The molecule has 0 aliphatic carbocycles. The van der Waals surface area contributed by atoms with Crippen molar-refractivity contribution in [3.63, 3.8) is 0 Å². The number of nitro groups is 1. The smallest absolute Gasteiger partial charge is 0.293 e. The summed E-state index contributed by atoms with van der Waals surface area (Å²) in [4.78, 5) is 10.3. The SMILES string of the molecule is CCOCCNc1cc(Cl)c(Cl)cc1[N+](=O)[O-]. The zero-order valence-corrected chi connectivity index (χ0v) is 10.7. The maximum absolute atomic E-state index is 10.8. The standard InChI is InChI=1S/C10H12Cl2N2O3/c1-2-17-4-3-13-9-5-7(11)8(12)6-10(9)14(15)16/h5-6,13H,2-4H2,1H3. The van der Waals surface area contributed by atoms with Gasteiger partial charge in [-0.05, 0) is 13.0 Å². The van der Waals surface area contributed by atoms with E-state index in [0.717, 1.165) is 0 Å². The predicted molar refractivity (Wildman–Crippen MR) is 68.1 cm³/mol. The molecule has 0 aromatic heterocycles. The molecule has 0 fully saturated rings. The van der Waals surface area contributed by atoms with E-state index < -0.39 is 4.92 Å². The fraction of sp³-hybridized carbons (Fsp3) is 0.400. The van der Waals surface area contributed by atoms with Gasteiger partial charge in [-0.25, -0.2) is 0 Å². The van der Waals surface area contributed by atoms with Crippen LogP contribution in [0.1, 0.15) is 6.92 Å². The van der Waals surface area contributed by atoms with E-state index in [-0.39, 0.29) is 15.7 Å². The highest BCUT2D eigenvalue weighted by Crippen LogP contribution is 2.33. The van der Waals surface area contributed by atoms with Crippen LogP contribution in [0.25, 0.3) is 0 Å². The first kappa shape index (κ1) is 14.0. The highest BCUT2D eigenvalue weighted by atomic mass is 35.5. The molecule has 7 heteroatoms. The molecule has 0 atom stereocenters. The first-order valence-electron chi connectivity index (χ1n) is 5.01. The molecular formula is C10H12Cl2N2O3. The topological polar surface area (TPSA) is 64.4 Å². The van der Waals surface area contributed by atoms with Gasteiger partial charge in [0.15, 0.2) is 0 Å². The van der Waals surface area contributed by atoms with Crippen molar-refractivity contribution in [2.75, 3.05) is 25.1 Å². The average Bonchev–Trinajstić information content (AvgIpc) is 2.28. The molecule has 94 valence electrons. The fourth-order valence-electron chi connectivity index (χ4n) is 1.23.